The Bertz CT molecular complexity index is 1150. The molecule has 0 saturated heterocycles. The molecule has 4 aromatic rings. The minimum absolute atomic E-state index is 0.00320. The number of nitrogens with one attached hydrogen (secondary N) is 3. The van der Waals surface area contributed by atoms with E-state index in [1.165, 1.54) is 23.9 Å². The third-order valence-electron chi connectivity index (χ3n) is 4.99. The van der Waals surface area contributed by atoms with Crippen LogP contribution in [-0.2, 0) is 0 Å². The van der Waals surface area contributed by atoms with Crippen molar-refractivity contribution in [2.75, 3.05) is 6.54 Å². The molecule has 0 spiro atoms. The van der Waals surface area contributed by atoms with Gasteiger partial charge in [-0.1, -0.05) is 48.0 Å². The molecule has 1 amide bonds. The molecule has 0 fully saturated rings. The second kappa shape index (κ2) is 7.56. The number of carbonyl (C=O) groups excluding carboxylic acids is 1. The average Bonchev–Trinajstić information content (AvgIpc) is 3.14. The van der Waals surface area contributed by atoms with Crippen molar-refractivity contribution in [3.63, 3.8) is 0 Å². The molecule has 3 N–H and O–H groups in total. The zero-order valence-electron chi connectivity index (χ0n) is 15.5. The van der Waals surface area contributed by atoms with Gasteiger partial charge in [-0.15, -0.1) is 0 Å². The Kier molecular flexibility index (Phi) is 4.81. The first-order valence-electron chi connectivity index (χ1n) is 9.21. The van der Waals surface area contributed by atoms with Crippen molar-refractivity contribution in [3.8, 4) is 0 Å². The fraction of sp³-hybridized carbons (Fsp3) is 0.130. The molecular formula is C23H21N3O2. The van der Waals surface area contributed by atoms with Crippen LogP contribution in [0.15, 0.2) is 77.9 Å². The number of carbonyl (C=O) groups is 1. The highest BCUT2D eigenvalue weighted by molar-refractivity contribution is 5.94. The summed E-state index contributed by atoms with van der Waals surface area (Å²) >= 11 is 0. The van der Waals surface area contributed by atoms with Crippen LogP contribution in [0.25, 0.3) is 10.9 Å². The molecule has 0 bridgehead atoms. The van der Waals surface area contributed by atoms with E-state index in [0.717, 1.165) is 22.0 Å². The van der Waals surface area contributed by atoms with E-state index in [2.05, 4.69) is 52.5 Å². The molecule has 2 aromatic carbocycles. The molecule has 0 radical (unpaired) electrons. The van der Waals surface area contributed by atoms with Gasteiger partial charge in [-0.2, -0.15) is 0 Å². The van der Waals surface area contributed by atoms with Gasteiger partial charge in [0.2, 0.25) is 5.56 Å². The van der Waals surface area contributed by atoms with Crippen LogP contribution in [0.4, 0.5) is 0 Å². The van der Waals surface area contributed by atoms with Crippen molar-refractivity contribution in [2.45, 2.75) is 12.8 Å². The molecule has 140 valence electrons. The Morgan fingerprint density at radius 1 is 0.964 bits per heavy atom. The summed E-state index contributed by atoms with van der Waals surface area (Å²) in [5.74, 6) is -0.211. The molecule has 0 aliphatic carbocycles. The fourth-order valence-electron chi connectivity index (χ4n) is 3.44. The first-order chi connectivity index (χ1) is 13.6. The van der Waals surface area contributed by atoms with Gasteiger partial charge in [-0.05, 0) is 30.2 Å². The number of hydrogen-bond donors (Lipinski definition) is 3. The number of para-hydroxylation sites is 1. The summed E-state index contributed by atoms with van der Waals surface area (Å²) in [5.41, 5.74) is 4.74. The summed E-state index contributed by atoms with van der Waals surface area (Å²) in [4.78, 5) is 29.6. The summed E-state index contributed by atoms with van der Waals surface area (Å²) in [6.45, 7) is 2.51. The van der Waals surface area contributed by atoms with Crippen LogP contribution in [0.3, 0.4) is 0 Å². The van der Waals surface area contributed by atoms with Gasteiger partial charge in [0.05, 0.1) is 5.56 Å². The third-order valence-corrected chi connectivity index (χ3v) is 4.99. The standard InChI is InChI=1S/C23H21N3O2/c1-15-6-8-16(9-7-15)19(20-14-24-21-5-3-2-4-18(20)21)13-26-23(28)17-10-11-22(27)25-12-17/h2-12,14,19,24H,13H2,1H3,(H,25,27)(H,26,28). The molecule has 1 atom stereocenters. The van der Waals surface area contributed by atoms with E-state index < -0.39 is 0 Å². The van der Waals surface area contributed by atoms with Gasteiger partial charge in [0.15, 0.2) is 0 Å². The van der Waals surface area contributed by atoms with Gasteiger partial charge in [0.1, 0.15) is 0 Å². The summed E-state index contributed by atoms with van der Waals surface area (Å²) < 4.78 is 0. The molecular weight excluding hydrogens is 350 g/mol. The van der Waals surface area contributed by atoms with Crippen LogP contribution >= 0.6 is 0 Å². The lowest BCUT2D eigenvalue weighted by Crippen LogP contribution is -2.29. The van der Waals surface area contributed by atoms with Crippen molar-refractivity contribution in [1.29, 1.82) is 0 Å². The third kappa shape index (κ3) is 3.60. The second-order valence-corrected chi connectivity index (χ2v) is 6.90. The molecule has 5 heteroatoms. The van der Waals surface area contributed by atoms with Crippen LogP contribution in [0.2, 0.25) is 0 Å². The van der Waals surface area contributed by atoms with E-state index in [1.54, 1.807) is 0 Å². The number of H-pyrrole nitrogens is 2. The summed E-state index contributed by atoms with van der Waals surface area (Å²) in [7, 11) is 0. The van der Waals surface area contributed by atoms with E-state index in [4.69, 9.17) is 0 Å². The van der Waals surface area contributed by atoms with Crippen LogP contribution < -0.4 is 10.9 Å². The SMILES string of the molecule is Cc1ccc(C(CNC(=O)c2ccc(=O)[nH]c2)c2c[nH]c3ccccc23)cc1. The number of hydrogen-bond acceptors (Lipinski definition) is 2. The molecule has 0 aliphatic heterocycles. The highest BCUT2D eigenvalue weighted by Gasteiger charge is 2.19. The number of rotatable bonds is 5. The number of pyridine rings is 1. The van der Waals surface area contributed by atoms with E-state index in [0.29, 0.717) is 12.1 Å². The molecule has 28 heavy (non-hydrogen) atoms. The minimum Gasteiger partial charge on any atom is -0.361 e. The average molecular weight is 371 g/mol. The van der Waals surface area contributed by atoms with Gasteiger partial charge < -0.3 is 15.3 Å². The number of amides is 1. The summed E-state index contributed by atoms with van der Waals surface area (Å²) in [5, 5.41) is 4.15. The fourth-order valence-corrected chi connectivity index (χ4v) is 3.44. The first kappa shape index (κ1) is 17.8. The second-order valence-electron chi connectivity index (χ2n) is 6.90. The summed E-state index contributed by atoms with van der Waals surface area (Å²) in [6.07, 6.45) is 3.45. The predicted molar refractivity (Wildman–Crippen MR) is 111 cm³/mol. The normalized spacial score (nSPS) is 12.0. The van der Waals surface area contributed by atoms with Crippen LogP contribution in [0.1, 0.15) is 33.0 Å². The molecule has 2 heterocycles. The van der Waals surface area contributed by atoms with E-state index in [9.17, 15) is 9.59 Å². The molecule has 0 aliphatic rings. The van der Waals surface area contributed by atoms with E-state index in [-0.39, 0.29) is 17.4 Å². The summed E-state index contributed by atoms with van der Waals surface area (Å²) in [6, 6.07) is 19.4. The lowest BCUT2D eigenvalue weighted by Gasteiger charge is -2.18. The Hall–Kier alpha value is -3.60. The Balaban J connectivity index is 1.65. The van der Waals surface area contributed by atoms with Crippen molar-refractivity contribution in [2.24, 2.45) is 0 Å². The lowest BCUT2D eigenvalue weighted by molar-refractivity contribution is 0.0952. The molecule has 5 nitrogen and oxygen atoms in total. The molecule has 0 saturated carbocycles. The van der Waals surface area contributed by atoms with Crippen LogP contribution in [-0.4, -0.2) is 22.4 Å². The van der Waals surface area contributed by atoms with Gasteiger partial charge in [0.25, 0.3) is 5.91 Å². The van der Waals surface area contributed by atoms with Gasteiger partial charge in [-0.25, -0.2) is 0 Å². The van der Waals surface area contributed by atoms with Crippen molar-refractivity contribution < 1.29 is 4.79 Å². The Morgan fingerprint density at radius 2 is 1.75 bits per heavy atom. The Labute approximate surface area is 162 Å². The van der Waals surface area contributed by atoms with Crippen LogP contribution in [0, 0.1) is 6.92 Å². The molecule has 2 aromatic heterocycles. The topological polar surface area (TPSA) is 77.8 Å². The van der Waals surface area contributed by atoms with Gasteiger partial charge in [-0.3, -0.25) is 9.59 Å². The Morgan fingerprint density at radius 3 is 2.50 bits per heavy atom. The molecule has 4 rings (SSSR count). The zero-order valence-corrected chi connectivity index (χ0v) is 15.5. The number of aromatic amines is 2. The monoisotopic (exact) mass is 371 g/mol. The first-order valence-corrected chi connectivity index (χ1v) is 9.21. The quantitative estimate of drug-likeness (QED) is 0.500. The number of aryl methyl sites for hydroxylation is 1. The zero-order chi connectivity index (χ0) is 19.5. The minimum atomic E-state index is -0.229. The lowest BCUT2D eigenvalue weighted by atomic mass is 9.90. The maximum atomic E-state index is 12.5. The smallest absolute Gasteiger partial charge is 0.252 e. The highest BCUT2D eigenvalue weighted by Crippen LogP contribution is 2.30. The van der Waals surface area contributed by atoms with Crippen molar-refractivity contribution in [1.82, 2.24) is 15.3 Å². The maximum Gasteiger partial charge on any atom is 0.252 e. The van der Waals surface area contributed by atoms with E-state index in [1.807, 2.05) is 24.4 Å². The van der Waals surface area contributed by atoms with Crippen LogP contribution in [0.5, 0.6) is 0 Å². The number of benzene rings is 2. The number of aromatic nitrogens is 2. The van der Waals surface area contributed by atoms with Crippen molar-refractivity contribution >= 4 is 16.8 Å². The highest BCUT2D eigenvalue weighted by atomic mass is 16.1. The predicted octanol–water partition coefficient (Wildman–Crippen LogP) is 3.73. The maximum absolute atomic E-state index is 12.5. The van der Waals surface area contributed by atoms with Gasteiger partial charge >= 0.3 is 0 Å². The van der Waals surface area contributed by atoms with Gasteiger partial charge in [0, 0.05) is 41.8 Å². The molecule has 1 unspecified atom stereocenters. The van der Waals surface area contributed by atoms with Crippen molar-refractivity contribution in [3.05, 3.63) is 106 Å². The number of fused-ring (bicyclic) bond motifs is 1. The largest absolute Gasteiger partial charge is 0.361 e. The van der Waals surface area contributed by atoms with E-state index >= 15 is 0 Å².